The number of hydrogen-bond acceptors (Lipinski definition) is 2. The first-order valence-electron chi connectivity index (χ1n) is 4.38. The Morgan fingerprint density at radius 2 is 2.07 bits per heavy atom. The van der Waals surface area contributed by atoms with Crippen molar-refractivity contribution in [2.75, 3.05) is 0 Å². The average Bonchev–Trinajstić information content (AvgIpc) is 2.20. The summed E-state index contributed by atoms with van der Waals surface area (Å²) in [6.45, 7) is 1.83. The SMILES string of the molecule is C[C@@H](Cc1ccc(Cl)cc1)C(=O)NN. The Balaban J connectivity index is 2.60. The number of hydrazine groups is 1. The number of halogens is 1. The zero-order chi connectivity index (χ0) is 10.6. The zero-order valence-corrected chi connectivity index (χ0v) is 8.71. The molecule has 0 saturated carbocycles. The minimum Gasteiger partial charge on any atom is -0.294 e. The van der Waals surface area contributed by atoms with Crippen molar-refractivity contribution in [3.05, 3.63) is 34.9 Å². The molecule has 0 aliphatic carbocycles. The van der Waals surface area contributed by atoms with Crippen molar-refractivity contribution >= 4 is 17.5 Å². The van der Waals surface area contributed by atoms with Crippen LogP contribution in [0.25, 0.3) is 0 Å². The fraction of sp³-hybridized carbons (Fsp3) is 0.300. The summed E-state index contributed by atoms with van der Waals surface area (Å²) >= 11 is 5.74. The summed E-state index contributed by atoms with van der Waals surface area (Å²) in [5.74, 6) is 4.75. The van der Waals surface area contributed by atoms with Crippen LogP contribution in [0.3, 0.4) is 0 Å². The Labute approximate surface area is 88.2 Å². The fourth-order valence-corrected chi connectivity index (χ4v) is 1.33. The Morgan fingerprint density at radius 3 is 2.57 bits per heavy atom. The predicted molar refractivity (Wildman–Crippen MR) is 56.7 cm³/mol. The number of carbonyl (C=O) groups excluding carboxylic acids is 1. The van der Waals surface area contributed by atoms with Crippen LogP contribution in [0.15, 0.2) is 24.3 Å². The van der Waals surface area contributed by atoms with Crippen LogP contribution >= 0.6 is 11.6 Å². The summed E-state index contributed by atoms with van der Waals surface area (Å²) in [4.78, 5) is 11.1. The minimum absolute atomic E-state index is 0.124. The van der Waals surface area contributed by atoms with E-state index in [4.69, 9.17) is 17.4 Å². The number of hydrogen-bond donors (Lipinski definition) is 2. The molecule has 0 fully saturated rings. The summed E-state index contributed by atoms with van der Waals surface area (Å²) < 4.78 is 0. The topological polar surface area (TPSA) is 55.1 Å². The van der Waals surface area contributed by atoms with Gasteiger partial charge in [0.15, 0.2) is 0 Å². The molecule has 3 N–H and O–H groups in total. The molecule has 14 heavy (non-hydrogen) atoms. The van der Waals surface area contributed by atoms with Crippen molar-refractivity contribution in [1.29, 1.82) is 0 Å². The van der Waals surface area contributed by atoms with Crippen LogP contribution in [0.1, 0.15) is 12.5 Å². The third-order valence-corrected chi connectivity index (χ3v) is 2.30. The lowest BCUT2D eigenvalue weighted by Crippen LogP contribution is -2.35. The number of benzene rings is 1. The summed E-state index contributed by atoms with van der Waals surface area (Å²) in [7, 11) is 0. The highest BCUT2D eigenvalue weighted by atomic mass is 35.5. The molecule has 0 aliphatic rings. The molecule has 0 saturated heterocycles. The second-order valence-corrected chi connectivity index (χ2v) is 3.68. The molecule has 76 valence electrons. The fourth-order valence-electron chi connectivity index (χ4n) is 1.21. The van der Waals surface area contributed by atoms with Crippen molar-refractivity contribution in [3.8, 4) is 0 Å². The Morgan fingerprint density at radius 1 is 1.50 bits per heavy atom. The Kier molecular flexibility index (Phi) is 3.92. The Bertz CT molecular complexity index is 310. The van der Waals surface area contributed by atoms with E-state index in [0.29, 0.717) is 11.4 Å². The number of nitrogens with two attached hydrogens (primary N) is 1. The molecule has 0 unspecified atom stereocenters. The van der Waals surface area contributed by atoms with E-state index in [1.807, 2.05) is 31.2 Å². The van der Waals surface area contributed by atoms with Gasteiger partial charge in [-0.2, -0.15) is 0 Å². The molecule has 4 heteroatoms. The highest BCUT2D eigenvalue weighted by Gasteiger charge is 2.11. The van der Waals surface area contributed by atoms with E-state index in [2.05, 4.69) is 5.43 Å². The monoisotopic (exact) mass is 212 g/mol. The van der Waals surface area contributed by atoms with Gasteiger partial charge >= 0.3 is 0 Å². The molecule has 0 heterocycles. The van der Waals surface area contributed by atoms with Gasteiger partial charge in [-0.15, -0.1) is 0 Å². The molecular formula is C10H13ClN2O. The van der Waals surface area contributed by atoms with Gasteiger partial charge in [0.2, 0.25) is 5.91 Å². The van der Waals surface area contributed by atoms with Gasteiger partial charge in [-0.25, -0.2) is 5.84 Å². The molecule has 0 spiro atoms. The highest BCUT2D eigenvalue weighted by molar-refractivity contribution is 6.30. The zero-order valence-electron chi connectivity index (χ0n) is 7.96. The summed E-state index contributed by atoms with van der Waals surface area (Å²) in [6, 6.07) is 7.43. The molecule has 1 aromatic rings. The standard InChI is InChI=1S/C10H13ClN2O/c1-7(10(14)13-12)6-8-2-4-9(11)5-3-8/h2-5,7H,6,12H2,1H3,(H,13,14)/t7-/m0/s1. The van der Waals surface area contributed by atoms with Crippen molar-refractivity contribution in [3.63, 3.8) is 0 Å². The number of nitrogens with one attached hydrogen (secondary N) is 1. The van der Waals surface area contributed by atoms with E-state index in [1.54, 1.807) is 0 Å². The second-order valence-electron chi connectivity index (χ2n) is 3.24. The maximum absolute atomic E-state index is 11.1. The molecule has 1 rings (SSSR count). The molecule has 0 radical (unpaired) electrons. The van der Waals surface area contributed by atoms with Crippen LogP contribution in [-0.2, 0) is 11.2 Å². The van der Waals surface area contributed by atoms with Crippen LogP contribution in [0, 0.1) is 5.92 Å². The van der Waals surface area contributed by atoms with E-state index in [1.165, 1.54) is 0 Å². The van der Waals surface area contributed by atoms with Crippen molar-refractivity contribution in [2.45, 2.75) is 13.3 Å². The maximum atomic E-state index is 11.1. The lowest BCUT2D eigenvalue weighted by atomic mass is 10.0. The first-order valence-corrected chi connectivity index (χ1v) is 4.76. The first kappa shape index (κ1) is 11.0. The lowest BCUT2D eigenvalue weighted by molar-refractivity contribution is -0.124. The van der Waals surface area contributed by atoms with E-state index in [0.717, 1.165) is 5.56 Å². The molecular weight excluding hydrogens is 200 g/mol. The average molecular weight is 213 g/mol. The van der Waals surface area contributed by atoms with E-state index < -0.39 is 0 Å². The van der Waals surface area contributed by atoms with Crippen LogP contribution in [0.2, 0.25) is 5.02 Å². The van der Waals surface area contributed by atoms with E-state index in [9.17, 15) is 4.79 Å². The lowest BCUT2D eigenvalue weighted by Gasteiger charge is -2.09. The van der Waals surface area contributed by atoms with Gasteiger partial charge in [-0.3, -0.25) is 10.2 Å². The third-order valence-electron chi connectivity index (χ3n) is 2.04. The number of amides is 1. The second kappa shape index (κ2) is 4.98. The van der Waals surface area contributed by atoms with Gasteiger partial charge in [0, 0.05) is 10.9 Å². The molecule has 0 aliphatic heterocycles. The first-order chi connectivity index (χ1) is 6.63. The van der Waals surface area contributed by atoms with Crippen molar-refractivity contribution in [1.82, 2.24) is 5.43 Å². The van der Waals surface area contributed by atoms with Crippen LogP contribution in [0.5, 0.6) is 0 Å². The number of rotatable bonds is 3. The molecule has 1 aromatic carbocycles. The minimum atomic E-state index is -0.153. The van der Waals surface area contributed by atoms with Crippen LogP contribution in [-0.4, -0.2) is 5.91 Å². The maximum Gasteiger partial charge on any atom is 0.237 e. The van der Waals surface area contributed by atoms with Gasteiger partial charge in [0.05, 0.1) is 0 Å². The third kappa shape index (κ3) is 3.01. The highest BCUT2D eigenvalue weighted by Crippen LogP contribution is 2.13. The predicted octanol–water partition coefficient (Wildman–Crippen LogP) is 1.51. The molecule has 0 aromatic heterocycles. The van der Waals surface area contributed by atoms with Gasteiger partial charge in [0.25, 0.3) is 0 Å². The van der Waals surface area contributed by atoms with Crippen LogP contribution < -0.4 is 11.3 Å². The quantitative estimate of drug-likeness (QED) is 0.453. The van der Waals surface area contributed by atoms with Gasteiger partial charge in [-0.05, 0) is 24.1 Å². The molecule has 3 nitrogen and oxygen atoms in total. The van der Waals surface area contributed by atoms with E-state index >= 15 is 0 Å². The van der Waals surface area contributed by atoms with Crippen molar-refractivity contribution in [2.24, 2.45) is 11.8 Å². The molecule has 1 amide bonds. The van der Waals surface area contributed by atoms with Gasteiger partial charge < -0.3 is 0 Å². The Hall–Kier alpha value is -1.06. The van der Waals surface area contributed by atoms with Crippen molar-refractivity contribution < 1.29 is 4.79 Å². The summed E-state index contributed by atoms with van der Waals surface area (Å²) in [5, 5.41) is 0.699. The molecule has 1 atom stereocenters. The molecule has 0 bridgehead atoms. The normalized spacial score (nSPS) is 12.2. The smallest absolute Gasteiger partial charge is 0.237 e. The summed E-state index contributed by atoms with van der Waals surface area (Å²) in [6.07, 6.45) is 0.667. The van der Waals surface area contributed by atoms with Crippen LogP contribution in [0.4, 0.5) is 0 Å². The van der Waals surface area contributed by atoms with E-state index in [-0.39, 0.29) is 11.8 Å². The van der Waals surface area contributed by atoms with Gasteiger partial charge in [-0.1, -0.05) is 30.7 Å². The number of carbonyl (C=O) groups is 1. The largest absolute Gasteiger partial charge is 0.294 e. The summed E-state index contributed by atoms with van der Waals surface area (Å²) in [5.41, 5.74) is 3.21. The van der Waals surface area contributed by atoms with Gasteiger partial charge in [0.1, 0.15) is 0 Å².